The molecule has 1 aromatic heterocycles. The van der Waals surface area contributed by atoms with Crippen LogP contribution >= 0.6 is 11.8 Å². The molecule has 88 valence electrons. The lowest BCUT2D eigenvalue weighted by molar-refractivity contribution is 0.257. The lowest BCUT2D eigenvalue weighted by atomic mass is 10.2. The predicted molar refractivity (Wildman–Crippen MR) is 65.8 cm³/mol. The summed E-state index contributed by atoms with van der Waals surface area (Å²) in [5, 5.41) is 4.69. The Hall–Kier alpha value is -0.520. The van der Waals surface area contributed by atoms with Crippen molar-refractivity contribution in [1.29, 1.82) is 0 Å². The van der Waals surface area contributed by atoms with Gasteiger partial charge in [0.25, 0.3) is 0 Å². The molecule has 1 N–H and O–H groups in total. The third-order valence-electron chi connectivity index (χ3n) is 3.40. The quantitative estimate of drug-likeness (QED) is 0.790. The van der Waals surface area contributed by atoms with Crippen molar-refractivity contribution in [2.75, 3.05) is 32.4 Å². The molecular formula is C11H18N4S. The highest BCUT2D eigenvalue weighted by molar-refractivity contribution is 7.99. The van der Waals surface area contributed by atoms with Crippen molar-refractivity contribution in [1.82, 2.24) is 19.8 Å². The Bertz CT molecular complexity index is 355. The fourth-order valence-corrected chi connectivity index (χ4v) is 3.37. The highest BCUT2D eigenvalue weighted by Gasteiger charge is 2.24. The van der Waals surface area contributed by atoms with Gasteiger partial charge in [0, 0.05) is 25.0 Å². The molecule has 3 heterocycles. The molecule has 1 saturated heterocycles. The van der Waals surface area contributed by atoms with Crippen molar-refractivity contribution in [2.45, 2.75) is 24.2 Å². The van der Waals surface area contributed by atoms with Gasteiger partial charge in [-0.2, -0.15) is 0 Å². The number of aryl methyl sites for hydroxylation is 1. The summed E-state index contributed by atoms with van der Waals surface area (Å²) in [5.41, 5.74) is 1.24. The Labute approximate surface area is 100 Å². The third-order valence-corrected chi connectivity index (χ3v) is 4.37. The number of likely N-dealkylation sites (N-methyl/N-ethyl adjacent to an activating group) is 1. The summed E-state index contributed by atoms with van der Waals surface area (Å²) in [7, 11) is 2.20. The van der Waals surface area contributed by atoms with Crippen LogP contribution < -0.4 is 5.32 Å². The lowest BCUT2D eigenvalue weighted by Gasteiger charge is -2.23. The topological polar surface area (TPSA) is 33.1 Å². The van der Waals surface area contributed by atoms with E-state index < -0.39 is 0 Å². The summed E-state index contributed by atoms with van der Waals surface area (Å²) in [6, 6.07) is 0.446. The van der Waals surface area contributed by atoms with Crippen molar-refractivity contribution in [3.8, 4) is 0 Å². The molecule has 0 spiro atoms. The normalized spacial score (nSPS) is 26.7. The number of fused-ring (bicyclic) bond motifs is 1. The largest absolute Gasteiger partial charge is 0.325 e. The molecule has 0 saturated carbocycles. The maximum absolute atomic E-state index is 4.75. The van der Waals surface area contributed by atoms with Gasteiger partial charge in [-0.15, -0.1) is 0 Å². The van der Waals surface area contributed by atoms with Crippen LogP contribution in [0.4, 0.5) is 0 Å². The first-order chi connectivity index (χ1) is 7.84. The predicted octanol–water partition coefficient (Wildman–Crippen LogP) is 0.955. The van der Waals surface area contributed by atoms with Crippen LogP contribution in [0.2, 0.25) is 0 Å². The summed E-state index contributed by atoms with van der Waals surface area (Å²) in [4.78, 5) is 7.17. The maximum Gasteiger partial charge on any atom is 0.168 e. The van der Waals surface area contributed by atoms with E-state index in [4.69, 9.17) is 4.98 Å². The van der Waals surface area contributed by atoms with Gasteiger partial charge in [0.2, 0.25) is 0 Å². The zero-order valence-corrected chi connectivity index (χ0v) is 10.5. The smallest absolute Gasteiger partial charge is 0.168 e. The molecule has 1 aromatic rings. The minimum atomic E-state index is 0.446. The lowest BCUT2D eigenvalue weighted by Crippen LogP contribution is -2.29. The average Bonchev–Trinajstić information content (AvgIpc) is 2.77. The Morgan fingerprint density at radius 3 is 3.31 bits per heavy atom. The minimum Gasteiger partial charge on any atom is -0.325 e. The second-order valence-corrected chi connectivity index (χ2v) is 5.61. The molecule has 0 aliphatic carbocycles. The van der Waals surface area contributed by atoms with Crippen molar-refractivity contribution in [2.24, 2.45) is 0 Å². The molecule has 2 aliphatic rings. The van der Waals surface area contributed by atoms with Crippen molar-refractivity contribution >= 4 is 11.8 Å². The summed E-state index contributed by atoms with van der Waals surface area (Å²) in [5.74, 6) is 1.18. The van der Waals surface area contributed by atoms with Crippen LogP contribution in [0.1, 0.15) is 18.2 Å². The molecule has 16 heavy (non-hydrogen) atoms. The van der Waals surface area contributed by atoms with E-state index in [1.807, 2.05) is 11.8 Å². The van der Waals surface area contributed by atoms with Gasteiger partial charge in [-0.05, 0) is 26.6 Å². The van der Waals surface area contributed by atoms with E-state index in [9.17, 15) is 0 Å². The van der Waals surface area contributed by atoms with Crippen LogP contribution in [0, 0.1) is 0 Å². The Morgan fingerprint density at radius 1 is 1.50 bits per heavy atom. The number of rotatable bonds is 1. The molecular weight excluding hydrogens is 220 g/mol. The first-order valence-corrected chi connectivity index (χ1v) is 6.94. The summed E-state index contributed by atoms with van der Waals surface area (Å²) in [6.07, 6.45) is 3.47. The third kappa shape index (κ3) is 1.87. The first kappa shape index (κ1) is 10.6. The van der Waals surface area contributed by atoms with Gasteiger partial charge in [0.1, 0.15) is 0 Å². The van der Waals surface area contributed by atoms with Crippen molar-refractivity contribution < 1.29 is 0 Å². The number of hydrogen-bond donors (Lipinski definition) is 1. The summed E-state index contributed by atoms with van der Waals surface area (Å²) < 4.78 is 2.29. The molecule has 4 nitrogen and oxygen atoms in total. The van der Waals surface area contributed by atoms with Gasteiger partial charge < -0.3 is 9.88 Å². The fourth-order valence-electron chi connectivity index (χ4n) is 2.42. The molecule has 1 atom stereocenters. The average molecular weight is 238 g/mol. The van der Waals surface area contributed by atoms with Gasteiger partial charge in [-0.3, -0.25) is 4.90 Å². The fraction of sp³-hybridized carbons (Fsp3) is 0.727. The van der Waals surface area contributed by atoms with Crippen LogP contribution in [0.3, 0.4) is 0 Å². The van der Waals surface area contributed by atoms with E-state index in [2.05, 4.69) is 28.0 Å². The van der Waals surface area contributed by atoms with Crippen molar-refractivity contribution in [3.63, 3.8) is 0 Å². The standard InChI is InChI=1S/C11H18N4S/c1-14-4-2-3-12-7-10(14)9-8-15-5-6-16-11(15)13-9/h8,10,12H,2-7H2,1H3. The molecule has 3 rings (SSSR count). The number of thioether (sulfide) groups is 1. The van der Waals surface area contributed by atoms with Crippen LogP contribution in [0.15, 0.2) is 11.4 Å². The molecule has 0 bridgehead atoms. The minimum absolute atomic E-state index is 0.446. The van der Waals surface area contributed by atoms with Gasteiger partial charge in [0.05, 0.1) is 11.7 Å². The summed E-state index contributed by atoms with van der Waals surface area (Å²) in [6.45, 7) is 4.44. The number of nitrogens with one attached hydrogen (secondary N) is 1. The van der Waals surface area contributed by atoms with Crippen LogP contribution in [-0.4, -0.2) is 46.9 Å². The molecule has 1 fully saturated rings. The molecule has 0 amide bonds. The molecule has 1 unspecified atom stereocenters. The van der Waals surface area contributed by atoms with E-state index in [1.54, 1.807) is 0 Å². The Kier molecular flexibility index (Phi) is 2.91. The van der Waals surface area contributed by atoms with E-state index in [-0.39, 0.29) is 0 Å². The van der Waals surface area contributed by atoms with E-state index in [0.29, 0.717) is 6.04 Å². The SMILES string of the molecule is CN1CCCNCC1c1cn2c(n1)SCC2. The second-order valence-electron chi connectivity index (χ2n) is 4.54. The van der Waals surface area contributed by atoms with Gasteiger partial charge in [-0.25, -0.2) is 4.98 Å². The van der Waals surface area contributed by atoms with Gasteiger partial charge in [0.15, 0.2) is 5.16 Å². The van der Waals surface area contributed by atoms with Gasteiger partial charge in [-0.1, -0.05) is 11.8 Å². The van der Waals surface area contributed by atoms with Crippen LogP contribution in [0.5, 0.6) is 0 Å². The van der Waals surface area contributed by atoms with E-state index in [0.717, 1.165) is 26.2 Å². The highest BCUT2D eigenvalue weighted by atomic mass is 32.2. The van der Waals surface area contributed by atoms with Gasteiger partial charge >= 0.3 is 0 Å². The summed E-state index contributed by atoms with van der Waals surface area (Å²) >= 11 is 1.87. The molecule has 0 aromatic carbocycles. The van der Waals surface area contributed by atoms with Crippen molar-refractivity contribution in [3.05, 3.63) is 11.9 Å². The van der Waals surface area contributed by atoms with Crippen LogP contribution in [-0.2, 0) is 6.54 Å². The van der Waals surface area contributed by atoms with E-state index in [1.165, 1.54) is 23.0 Å². The molecule has 2 aliphatic heterocycles. The van der Waals surface area contributed by atoms with Crippen LogP contribution in [0.25, 0.3) is 0 Å². The maximum atomic E-state index is 4.75. The number of imidazole rings is 1. The van der Waals surface area contributed by atoms with E-state index >= 15 is 0 Å². The highest BCUT2D eigenvalue weighted by Crippen LogP contribution is 2.28. The molecule has 5 heteroatoms. The zero-order chi connectivity index (χ0) is 11.0. The molecule has 0 radical (unpaired) electrons. The Balaban J connectivity index is 1.83. The monoisotopic (exact) mass is 238 g/mol. The number of aromatic nitrogens is 2. The number of nitrogens with zero attached hydrogens (tertiary/aromatic N) is 3. The Morgan fingerprint density at radius 2 is 2.44 bits per heavy atom. The second kappa shape index (κ2) is 4.39. The zero-order valence-electron chi connectivity index (χ0n) is 9.65. The number of hydrogen-bond acceptors (Lipinski definition) is 4. The first-order valence-electron chi connectivity index (χ1n) is 5.95.